The Morgan fingerprint density at radius 2 is 1.88 bits per heavy atom. The van der Waals surface area contributed by atoms with Gasteiger partial charge in [-0.05, 0) is 30.7 Å². The number of nitrogens with zero attached hydrogens (tertiary/aromatic N) is 1. The standard InChI is InChI=1S/C18H16F3N3O/c1-12(17(25)23-11-13-5-3-2-4-6-13)24-16-8-7-15(18(19,20)21)9-14(16)10-22/h2-9,12,24H,11H2,1H3,(H,23,25). The highest BCUT2D eigenvalue weighted by atomic mass is 19.4. The van der Waals surface area contributed by atoms with Gasteiger partial charge in [-0.3, -0.25) is 4.79 Å². The van der Waals surface area contributed by atoms with Crippen molar-refractivity contribution in [3.05, 3.63) is 65.2 Å². The van der Waals surface area contributed by atoms with Crippen molar-refractivity contribution in [1.29, 1.82) is 5.26 Å². The maximum Gasteiger partial charge on any atom is 0.416 e. The maximum atomic E-state index is 12.7. The van der Waals surface area contributed by atoms with Gasteiger partial charge in [-0.15, -0.1) is 0 Å². The summed E-state index contributed by atoms with van der Waals surface area (Å²) in [5, 5.41) is 14.6. The predicted molar refractivity (Wildman–Crippen MR) is 87.5 cm³/mol. The summed E-state index contributed by atoms with van der Waals surface area (Å²) in [7, 11) is 0. The van der Waals surface area contributed by atoms with Gasteiger partial charge in [-0.2, -0.15) is 18.4 Å². The minimum Gasteiger partial charge on any atom is -0.373 e. The Bertz CT molecular complexity index is 782. The predicted octanol–water partition coefficient (Wildman–Crippen LogP) is 3.69. The molecule has 0 aliphatic carbocycles. The molecular formula is C18H16F3N3O. The van der Waals surface area contributed by atoms with Gasteiger partial charge < -0.3 is 10.6 Å². The van der Waals surface area contributed by atoms with Crippen LogP contribution in [-0.2, 0) is 17.5 Å². The molecule has 7 heteroatoms. The highest BCUT2D eigenvalue weighted by Crippen LogP contribution is 2.31. The van der Waals surface area contributed by atoms with E-state index in [1.807, 2.05) is 30.3 Å². The average Bonchev–Trinajstić information content (AvgIpc) is 2.59. The minimum atomic E-state index is -4.52. The number of hydrogen-bond acceptors (Lipinski definition) is 3. The lowest BCUT2D eigenvalue weighted by Gasteiger charge is -2.17. The minimum absolute atomic E-state index is 0.169. The third-order valence-electron chi connectivity index (χ3n) is 3.54. The SMILES string of the molecule is CC(Nc1ccc(C(F)(F)F)cc1C#N)C(=O)NCc1ccccc1. The van der Waals surface area contributed by atoms with Gasteiger partial charge in [0.15, 0.2) is 0 Å². The number of nitriles is 1. The lowest BCUT2D eigenvalue weighted by Crippen LogP contribution is -2.37. The molecule has 0 heterocycles. The number of amides is 1. The molecule has 0 saturated heterocycles. The quantitative estimate of drug-likeness (QED) is 0.867. The van der Waals surface area contributed by atoms with Crippen LogP contribution in [0.1, 0.15) is 23.6 Å². The second-order valence-electron chi connectivity index (χ2n) is 5.44. The molecule has 0 spiro atoms. The van der Waals surface area contributed by atoms with E-state index in [-0.39, 0.29) is 17.2 Å². The van der Waals surface area contributed by atoms with E-state index in [0.29, 0.717) is 6.54 Å². The van der Waals surface area contributed by atoms with Crippen LogP contribution in [0.25, 0.3) is 0 Å². The van der Waals surface area contributed by atoms with Gasteiger partial charge in [0.05, 0.1) is 16.8 Å². The molecule has 0 fully saturated rings. The lowest BCUT2D eigenvalue weighted by atomic mass is 10.1. The highest BCUT2D eigenvalue weighted by molar-refractivity contribution is 5.84. The van der Waals surface area contributed by atoms with E-state index < -0.39 is 17.8 Å². The van der Waals surface area contributed by atoms with Crippen LogP contribution in [0.3, 0.4) is 0 Å². The number of benzene rings is 2. The summed E-state index contributed by atoms with van der Waals surface area (Å²) in [6, 6.07) is 13.1. The van der Waals surface area contributed by atoms with Crippen LogP contribution in [0.15, 0.2) is 48.5 Å². The molecular weight excluding hydrogens is 331 g/mol. The maximum absolute atomic E-state index is 12.7. The van der Waals surface area contributed by atoms with E-state index in [9.17, 15) is 18.0 Å². The van der Waals surface area contributed by atoms with Crippen LogP contribution < -0.4 is 10.6 Å². The van der Waals surface area contributed by atoms with E-state index in [1.54, 1.807) is 13.0 Å². The lowest BCUT2D eigenvalue weighted by molar-refractivity contribution is -0.137. The van der Waals surface area contributed by atoms with Crippen molar-refractivity contribution >= 4 is 11.6 Å². The number of carbonyl (C=O) groups excluding carboxylic acids is 1. The van der Waals surface area contributed by atoms with Crippen molar-refractivity contribution < 1.29 is 18.0 Å². The van der Waals surface area contributed by atoms with Crippen LogP contribution in [0, 0.1) is 11.3 Å². The van der Waals surface area contributed by atoms with Gasteiger partial charge in [-0.25, -0.2) is 0 Å². The molecule has 0 aliphatic heterocycles. The first-order chi connectivity index (χ1) is 11.8. The fraction of sp³-hybridized carbons (Fsp3) is 0.222. The molecule has 0 radical (unpaired) electrons. The summed E-state index contributed by atoms with van der Waals surface area (Å²) in [4.78, 5) is 12.1. The van der Waals surface area contributed by atoms with E-state index in [0.717, 1.165) is 23.8 Å². The van der Waals surface area contributed by atoms with E-state index in [2.05, 4.69) is 10.6 Å². The zero-order valence-corrected chi connectivity index (χ0v) is 13.4. The Hall–Kier alpha value is -3.01. The van der Waals surface area contributed by atoms with Crippen molar-refractivity contribution in [2.24, 2.45) is 0 Å². The zero-order chi connectivity index (χ0) is 18.4. The average molecular weight is 347 g/mol. The number of alkyl halides is 3. The normalized spacial score (nSPS) is 12.1. The Kier molecular flexibility index (Phi) is 5.65. The molecule has 2 aromatic carbocycles. The number of carbonyl (C=O) groups is 1. The fourth-order valence-corrected chi connectivity index (χ4v) is 2.18. The summed E-state index contributed by atoms with van der Waals surface area (Å²) in [5.41, 5.74) is 0.0291. The summed E-state index contributed by atoms with van der Waals surface area (Å²) < 4.78 is 38.1. The molecule has 1 amide bonds. The Morgan fingerprint density at radius 3 is 2.48 bits per heavy atom. The first-order valence-corrected chi connectivity index (χ1v) is 7.51. The number of anilines is 1. The molecule has 0 aliphatic rings. The third kappa shape index (κ3) is 4.98. The third-order valence-corrected chi connectivity index (χ3v) is 3.54. The second kappa shape index (κ2) is 7.71. The molecule has 0 saturated carbocycles. The molecule has 2 aromatic rings. The first-order valence-electron chi connectivity index (χ1n) is 7.51. The molecule has 4 nitrogen and oxygen atoms in total. The van der Waals surface area contributed by atoms with E-state index >= 15 is 0 Å². The Morgan fingerprint density at radius 1 is 1.20 bits per heavy atom. The van der Waals surface area contributed by atoms with E-state index in [4.69, 9.17) is 5.26 Å². The van der Waals surface area contributed by atoms with Crippen molar-refractivity contribution in [2.75, 3.05) is 5.32 Å². The summed E-state index contributed by atoms with van der Waals surface area (Å²) in [6.07, 6.45) is -4.52. The molecule has 1 atom stereocenters. The van der Waals surface area contributed by atoms with Gasteiger partial charge in [0.1, 0.15) is 12.1 Å². The van der Waals surface area contributed by atoms with Crippen LogP contribution >= 0.6 is 0 Å². The van der Waals surface area contributed by atoms with Gasteiger partial charge in [0.2, 0.25) is 5.91 Å². The second-order valence-corrected chi connectivity index (χ2v) is 5.44. The molecule has 2 rings (SSSR count). The molecule has 2 N–H and O–H groups in total. The highest BCUT2D eigenvalue weighted by Gasteiger charge is 2.31. The van der Waals surface area contributed by atoms with Crippen LogP contribution in [0.5, 0.6) is 0 Å². The summed E-state index contributed by atoms with van der Waals surface area (Å²) in [5.74, 6) is -0.326. The molecule has 1 unspecified atom stereocenters. The first kappa shape index (κ1) is 18.3. The topological polar surface area (TPSA) is 64.9 Å². The number of hydrogen-bond donors (Lipinski definition) is 2. The van der Waals surface area contributed by atoms with Crippen molar-refractivity contribution in [2.45, 2.75) is 25.7 Å². The molecule has 130 valence electrons. The molecule has 0 aromatic heterocycles. The largest absolute Gasteiger partial charge is 0.416 e. The van der Waals surface area contributed by atoms with Gasteiger partial charge in [0, 0.05) is 6.54 Å². The molecule has 0 bridgehead atoms. The number of halogens is 3. The Labute approximate surface area is 143 Å². The van der Waals surface area contributed by atoms with Crippen LogP contribution in [0.4, 0.5) is 18.9 Å². The number of rotatable bonds is 5. The van der Waals surface area contributed by atoms with Crippen molar-refractivity contribution in [3.8, 4) is 6.07 Å². The summed E-state index contributed by atoms with van der Waals surface area (Å²) >= 11 is 0. The van der Waals surface area contributed by atoms with Crippen LogP contribution in [-0.4, -0.2) is 11.9 Å². The van der Waals surface area contributed by atoms with Gasteiger partial charge in [0.25, 0.3) is 0 Å². The fourth-order valence-electron chi connectivity index (χ4n) is 2.18. The van der Waals surface area contributed by atoms with Gasteiger partial charge in [-0.1, -0.05) is 30.3 Å². The van der Waals surface area contributed by atoms with Crippen molar-refractivity contribution in [3.63, 3.8) is 0 Å². The monoisotopic (exact) mass is 347 g/mol. The van der Waals surface area contributed by atoms with E-state index in [1.165, 1.54) is 0 Å². The van der Waals surface area contributed by atoms with Gasteiger partial charge >= 0.3 is 6.18 Å². The number of nitrogens with one attached hydrogen (secondary N) is 2. The molecule has 25 heavy (non-hydrogen) atoms. The summed E-state index contributed by atoms with van der Waals surface area (Å²) in [6.45, 7) is 1.91. The van der Waals surface area contributed by atoms with Crippen molar-refractivity contribution in [1.82, 2.24) is 5.32 Å². The smallest absolute Gasteiger partial charge is 0.373 e. The van der Waals surface area contributed by atoms with Crippen LogP contribution in [0.2, 0.25) is 0 Å². The zero-order valence-electron chi connectivity index (χ0n) is 13.4. The Balaban J connectivity index is 2.03.